The number of pyridine rings is 1. The van der Waals surface area contributed by atoms with E-state index < -0.39 is 27.7 Å². The third kappa shape index (κ3) is 5.92. The predicted octanol–water partition coefficient (Wildman–Crippen LogP) is 3.03. The van der Waals surface area contributed by atoms with E-state index in [1.165, 1.54) is 12.1 Å². The first-order valence-corrected chi connectivity index (χ1v) is 13.2. The van der Waals surface area contributed by atoms with Crippen molar-refractivity contribution in [1.29, 1.82) is 0 Å². The van der Waals surface area contributed by atoms with E-state index in [-0.39, 0.29) is 4.90 Å². The fraction of sp³-hybridized carbons (Fsp3) is 0.458. The van der Waals surface area contributed by atoms with Crippen LogP contribution in [0.4, 0.5) is 5.82 Å². The third-order valence-corrected chi connectivity index (χ3v) is 7.91. The van der Waals surface area contributed by atoms with Gasteiger partial charge in [-0.25, -0.2) is 13.4 Å². The molecular weight excluding hydrogens is 454 g/mol. The summed E-state index contributed by atoms with van der Waals surface area (Å²) in [6.07, 6.45) is 5.43. The number of aromatic nitrogens is 1. The van der Waals surface area contributed by atoms with Gasteiger partial charge >= 0.3 is 0 Å². The zero-order chi connectivity index (χ0) is 24.0. The molecule has 34 heavy (non-hydrogen) atoms. The van der Waals surface area contributed by atoms with Gasteiger partial charge < -0.3 is 15.5 Å². The van der Waals surface area contributed by atoms with Gasteiger partial charge in [-0.1, -0.05) is 36.3 Å². The molecule has 2 aliphatic rings. The van der Waals surface area contributed by atoms with E-state index in [0.29, 0.717) is 24.5 Å². The molecule has 1 aliphatic heterocycles. The Morgan fingerprint density at radius 2 is 1.88 bits per heavy atom. The van der Waals surface area contributed by atoms with Crippen LogP contribution < -0.4 is 15.4 Å². The minimum atomic E-state index is -3.75. The molecule has 0 bridgehead atoms. The number of nitrogens with one attached hydrogen (secondary N) is 3. The lowest BCUT2D eigenvalue weighted by Crippen LogP contribution is -2.49. The van der Waals surface area contributed by atoms with Crippen LogP contribution >= 0.6 is 0 Å². The first-order chi connectivity index (χ1) is 16.4. The first-order valence-electron chi connectivity index (χ1n) is 11.7. The van der Waals surface area contributed by atoms with Crippen molar-refractivity contribution in [2.24, 2.45) is 11.1 Å². The molecule has 2 heterocycles. The largest absolute Gasteiger partial charge is 0.388 e. The van der Waals surface area contributed by atoms with Crippen LogP contribution in [-0.2, 0) is 19.7 Å². The number of hydrogen-bond donors (Lipinski definition) is 3. The van der Waals surface area contributed by atoms with Crippen LogP contribution in [0.25, 0.3) is 0 Å². The Morgan fingerprint density at radius 3 is 2.56 bits per heavy atom. The summed E-state index contributed by atoms with van der Waals surface area (Å²) in [6.45, 7) is 2.65. The Kier molecular flexibility index (Phi) is 7.47. The summed E-state index contributed by atoms with van der Waals surface area (Å²) in [5.41, 5.74) is -0.137. The average molecular weight is 486 g/mol. The molecule has 9 nitrogen and oxygen atoms in total. The molecule has 182 valence electrons. The lowest BCUT2D eigenvalue weighted by atomic mass is 9.76. The lowest BCUT2D eigenvalue weighted by molar-refractivity contribution is -0.115. The van der Waals surface area contributed by atoms with E-state index >= 15 is 0 Å². The van der Waals surface area contributed by atoms with E-state index in [1.54, 1.807) is 31.3 Å². The van der Waals surface area contributed by atoms with E-state index in [0.717, 1.165) is 38.0 Å². The van der Waals surface area contributed by atoms with E-state index in [2.05, 4.69) is 25.5 Å². The number of amides is 1. The number of carbonyl (C=O) groups excluding carboxylic acids is 1. The fourth-order valence-corrected chi connectivity index (χ4v) is 5.60. The molecule has 1 atom stereocenters. The number of nitrogens with zero attached hydrogens (tertiary/aromatic N) is 2. The zero-order valence-corrected chi connectivity index (χ0v) is 20.1. The van der Waals surface area contributed by atoms with Crippen LogP contribution in [0.15, 0.2) is 64.8 Å². The quantitative estimate of drug-likeness (QED) is 0.470. The van der Waals surface area contributed by atoms with E-state index in [9.17, 15) is 13.2 Å². The lowest BCUT2D eigenvalue weighted by Gasteiger charge is -2.35. The molecule has 0 radical (unpaired) electrons. The van der Waals surface area contributed by atoms with E-state index in [1.807, 2.05) is 18.2 Å². The second-order valence-electron chi connectivity index (χ2n) is 8.90. The molecule has 1 fully saturated rings. The number of oxime groups is 1. The second kappa shape index (κ2) is 10.5. The summed E-state index contributed by atoms with van der Waals surface area (Å²) >= 11 is 0. The zero-order valence-electron chi connectivity index (χ0n) is 19.2. The molecule has 1 aromatic heterocycles. The van der Waals surface area contributed by atoms with Gasteiger partial charge in [0.1, 0.15) is 17.1 Å². The molecule has 1 amide bonds. The van der Waals surface area contributed by atoms with Crippen LogP contribution in [0, 0.1) is 5.92 Å². The van der Waals surface area contributed by atoms with Gasteiger partial charge in [-0.3, -0.25) is 4.79 Å². The van der Waals surface area contributed by atoms with Gasteiger partial charge in [0.2, 0.25) is 10.0 Å². The Morgan fingerprint density at radius 1 is 1.15 bits per heavy atom. The molecule has 3 N–H and O–H groups in total. The van der Waals surface area contributed by atoms with Crippen LogP contribution in [0.2, 0.25) is 0 Å². The van der Waals surface area contributed by atoms with Crippen molar-refractivity contribution >= 4 is 27.5 Å². The first kappa shape index (κ1) is 24.2. The highest BCUT2D eigenvalue weighted by Gasteiger charge is 2.44. The minimum absolute atomic E-state index is 0.150. The van der Waals surface area contributed by atoms with Gasteiger partial charge in [-0.15, -0.1) is 0 Å². The average Bonchev–Trinajstić information content (AvgIpc) is 3.28. The highest BCUT2D eigenvalue weighted by molar-refractivity contribution is 7.89. The predicted molar refractivity (Wildman–Crippen MR) is 130 cm³/mol. The topological polar surface area (TPSA) is 122 Å². The van der Waals surface area contributed by atoms with Crippen molar-refractivity contribution in [3.05, 3.63) is 54.7 Å². The minimum Gasteiger partial charge on any atom is -0.388 e. The number of carbonyl (C=O) groups is 1. The molecule has 0 saturated heterocycles. The Labute approximate surface area is 200 Å². The molecular formula is C24H31N5O4S. The fourth-order valence-electron chi connectivity index (χ4n) is 4.35. The highest BCUT2D eigenvalue weighted by atomic mass is 32.2. The number of rotatable bonds is 9. The molecule has 4 rings (SSSR count). The summed E-state index contributed by atoms with van der Waals surface area (Å²) in [6, 6.07) is 13.9. The monoisotopic (exact) mass is 485 g/mol. The maximum Gasteiger partial charge on any atom is 0.270 e. The highest BCUT2D eigenvalue weighted by Crippen LogP contribution is 2.40. The normalized spacial score (nSPS) is 23.1. The summed E-state index contributed by atoms with van der Waals surface area (Å²) in [5.74, 6) is 0.972. The number of anilines is 1. The Balaban J connectivity index is 1.26. The van der Waals surface area contributed by atoms with Crippen molar-refractivity contribution in [1.82, 2.24) is 15.0 Å². The van der Waals surface area contributed by atoms with Gasteiger partial charge in [0.05, 0.1) is 11.1 Å². The van der Waals surface area contributed by atoms with Crippen LogP contribution in [0.5, 0.6) is 0 Å². The molecule has 0 unspecified atom stereocenters. The van der Waals surface area contributed by atoms with Gasteiger partial charge in [-0.2, -0.15) is 4.72 Å². The van der Waals surface area contributed by atoms with Crippen LogP contribution in [-0.4, -0.2) is 43.3 Å². The van der Waals surface area contributed by atoms with Crippen LogP contribution in [0.1, 0.15) is 45.4 Å². The summed E-state index contributed by atoms with van der Waals surface area (Å²) < 4.78 is 27.7. The summed E-state index contributed by atoms with van der Waals surface area (Å²) in [7, 11) is -3.75. The summed E-state index contributed by atoms with van der Waals surface area (Å²) in [5, 5.41) is 10.2. The Hall–Kier alpha value is -2.98. The molecule has 10 heteroatoms. The van der Waals surface area contributed by atoms with Gasteiger partial charge in [0.25, 0.3) is 5.91 Å². The van der Waals surface area contributed by atoms with Gasteiger partial charge in [0.15, 0.2) is 0 Å². The van der Waals surface area contributed by atoms with Gasteiger partial charge in [0, 0.05) is 19.2 Å². The number of hydrogen-bond acceptors (Lipinski definition) is 7. The molecule has 1 saturated carbocycles. The Bertz CT molecular complexity index is 1100. The van der Waals surface area contributed by atoms with Gasteiger partial charge in [-0.05, 0) is 62.3 Å². The molecule has 1 spiro atoms. The molecule has 1 aliphatic carbocycles. The SMILES string of the molecule is CC[C@H](NC(=O)C1=NOC2(CCC(CNc3ccccn3)CC2)C1)NS(=O)(=O)c1ccccc1. The molecule has 1 aromatic carbocycles. The summed E-state index contributed by atoms with van der Waals surface area (Å²) in [4.78, 5) is 23.0. The maximum atomic E-state index is 12.8. The smallest absolute Gasteiger partial charge is 0.270 e. The number of sulfonamides is 1. The second-order valence-corrected chi connectivity index (χ2v) is 10.6. The third-order valence-electron chi connectivity index (χ3n) is 6.42. The van der Waals surface area contributed by atoms with Crippen molar-refractivity contribution in [3.8, 4) is 0 Å². The van der Waals surface area contributed by atoms with E-state index in [4.69, 9.17) is 4.84 Å². The standard InChI is InChI=1S/C24H31N5O4S/c1-2-21(29-34(31,32)19-8-4-3-5-9-19)27-23(30)20-16-24(33-28-20)13-11-18(12-14-24)17-26-22-10-6-7-15-25-22/h3-10,15,18,21,29H,2,11-14,16-17H2,1H3,(H,25,26)(H,27,30)/t18?,21-,24?/m1/s1. The molecule has 2 aromatic rings. The maximum absolute atomic E-state index is 12.8. The van der Waals surface area contributed by atoms with Crippen LogP contribution in [0.3, 0.4) is 0 Å². The van der Waals surface area contributed by atoms with Crippen molar-refractivity contribution in [3.63, 3.8) is 0 Å². The van der Waals surface area contributed by atoms with Crippen molar-refractivity contribution < 1.29 is 18.0 Å². The van der Waals surface area contributed by atoms with Crippen molar-refractivity contribution in [2.45, 2.75) is 62.1 Å². The number of benzene rings is 1. The van der Waals surface area contributed by atoms with Crippen molar-refractivity contribution in [2.75, 3.05) is 11.9 Å².